The quantitative estimate of drug-likeness (QED) is 0.385. The minimum absolute atomic E-state index is 0.0138. The predicted molar refractivity (Wildman–Crippen MR) is 138 cm³/mol. The van der Waals surface area contributed by atoms with Crippen molar-refractivity contribution in [3.8, 4) is 0 Å². The number of nitrogens with one attached hydrogen (secondary N) is 1. The number of rotatable bonds is 7. The zero-order chi connectivity index (χ0) is 25.3. The topological polar surface area (TPSA) is 58.1 Å². The summed E-state index contributed by atoms with van der Waals surface area (Å²) in [6.45, 7) is 4.65. The second-order valence-corrected chi connectivity index (χ2v) is 12.4. The molecule has 5 rings (SSSR count). The van der Waals surface area contributed by atoms with E-state index in [2.05, 4.69) is 20.2 Å². The van der Waals surface area contributed by atoms with E-state index in [1.807, 2.05) is 25.1 Å². The third kappa shape index (κ3) is 6.44. The Bertz CT molecular complexity index is 1210. The van der Waals surface area contributed by atoms with E-state index in [4.69, 9.17) is 0 Å². The van der Waals surface area contributed by atoms with Gasteiger partial charge in [0.1, 0.15) is 0 Å². The first kappa shape index (κ1) is 25.6. The van der Waals surface area contributed by atoms with E-state index in [-0.39, 0.29) is 18.4 Å². The van der Waals surface area contributed by atoms with Gasteiger partial charge in [-0.3, -0.25) is 9.69 Å². The lowest BCUT2D eigenvalue weighted by Crippen LogP contribution is -2.38. The molecule has 1 aromatic carbocycles. The van der Waals surface area contributed by atoms with Gasteiger partial charge in [-0.1, -0.05) is 0 Å². The van der Waals surface area contributed by atoms with Crippen molar-refractivity contribution in [3.63, 3.8) is 0 Å². The second-order valence-electron chi connectivity index (χ2n) is 10.0. The largest absolute Gasteiger partial charge is 0.389 e. The normalized spacial score (nSPS) is 21.0. The molecular weight excluding hydrogens is 505 g/mol. The fourth-order valence-corrected chi connectivity index (χ4v) is 7.14. The molecule has 0 unspecified atom stereocenters. The first-order chi connectivity index (χ1) is 17.2. The van der Waals surface area contributed by atoms with Gasteiger partial charge in [0.05, 0.1) is 25.9 Å². The van der Waals surface area contributed by atoms with Crippen molar-refractivity contribution in [1.82, 2.24) is 20.2 Å². The van der Waals surface area contributed by atoms with Crippen LogP contribution in [0.15, 0.2) is 18.2 Å². The highest BCUT2D eigenvalue weighted by molar-refractivity contribution is 7.18. The lowest BCUT2D eigenvalue weighted by atomic mass is 9.84. The summed E-state index contributed by atoms with van der Waals surface area (Å²) in [5, 5.41) is 4.83. The summed E-state index contributed by atoms with van der Waals surface area (Å²) < 4.78 is 38.7. The number of aryl methyl sites for hydroxylation is 2. The van der Waals surface area contributed by atoms with Crippen LogP contribution < -0.4 is 5.32 Å². The molecule has 1 amide bonds. The summed E-state index contributed by atoms with van der Waals surface area (Å²) in [5.74, 6) is 0.625. The fraction of sp³-hybridized carbons (Fsp3) is 0.577. The number of carbonyl (C=O) groups excluding carboxylic acids is 1. The van der Waals surface area contributed by atoms with Gasteiger partial charge in [0.2, 0.25) is 0 Å². The Kier molecular flexibility index (Phi) is 7.65. The van der Waals surface area contributed by atoms with Crippen molar-refractivity contribution >= 4 is 38.8 Å². The number of nitrogens with zero attached hydrogens (tertiary/aromatic N) is 3. The van der Waals surface area contributed by atoms with Crippen LogP contribution in [0.5, 0.6) is 0 Å². The van der Waals surface area contributed by atoms with E-state index in [1.54, 1.807) is 11.3 Å². The molecule has 3 aromatic rings. The Labute approximate surface area is 217 Å². The number of hydrogen-bond acceptors (Lipinski definition) is 6. The van der Waals surface area contributed by atoms with Crippen LogP contribution in [0.4, 0.5) is 13.2 Å². The van der Waals surface area contributed by atoms with Crippen molar-refractivity contribution < 1.29 is 18.0 Å². The molecule has 1 fully saturated rings. The van der Waals surface area contributed by atoms with Gasteiger partial charge in [0.25, 0.3) is 5.91 Å². The Balaban J connectivity index is 1.04. The maximum atomic E-state index is 12.8. The maximum Gasteiger partial charge on any atom is 0.389 e. The predicted octanol–water partition coefficient (Wildman–Crippen LogP) is 6.29. The van der Waals surface area contributed by atoms with Crippen LogP contribution in [-0.4, -0.2) is 46.1 Å². The van der Waals surface area contributed by atoms with Crippen LogP contribution in [0, 0.1) is 12.8 Å². The lowest BCUT2D eigenvalue weighted by Gasteiger charge is -2.32. The van der Waals surface area contributed by atoms with E-state index < -0.39 is 12.6 Å². The smallest absolute Gasteiger partial charge is 0.349 e. The Morgan fingerprint density at radius 3 is 2.75 bits per heavy atom. The molecule has 2 aromatic heterocycles. The minimum atomic E-state index is -4.13. The van der Waals surface area contributed by atoms with Gasteiger partial charge in [-0.05, 0) is 76.1 Å². The van der Waals surface area contributed by atoms with Crippen LogP contribution in [0.3, 0.4) is 0 Å². The van der Waals surface area contributed by atoms with Crippen LogP contribution in [0.2, 0.25) is 0 Å². The molecule has 1 aliphatic heterocycles. The second kappa shape index (κ2) is 10.8. The highest BCUT2D eigenvalue weighted by Gasteiger charge is 2.29. The number of halogens is 3. The average Bonchev–Trinajstić information content (AvgIpc) is 3.42. The Morgan fingerprint density at radius 2 is 1.97 bits per heavy atom. The number of fused-ring (bicyclic) bond motifs is 2. The zero-order valence-corrected chi connectivity index (χ0v) is 22.0. The summed E-state index contributed by atoms with van der Waals surface area (Å²) in [7, 11) is 0. The third-order valence-electron chi connectivity index (χ3n) is 7.27. The van der Waals surface area contributed by atoms with Gasteiger partial charge in [-0.2, -0.15) is 13.2 Å². The van der Waals surface area contributed by atoms with E-state index >= 15 is 0 Å². The molecule has 0 atom stereocenters. The Morgan fingerprint density at radius 1 is 1.17 bits per heavy atom. The average molecular weight is 537 g/mol. The number of hydrogen-bond donors (Lipinski definition) is 1. The number of amides is 1. The monoisotopic (exact) mass is 536 g/mol. The number of aromatic nitrogens is 2. The van der Waals surface area contributed by atoms with E-state index in [0.717, 1.165) is 84.0 Å². The molecular formula is C26H31F3N4OS2. The van der Waals surface area contributed by atoms with Crippen molar-refractivity contribution in [2.24, 2.45) is 5.92 Å². The number of alkyl halides is 3. The summed E-state index contributed by atoms with van der Waals surface area (Å²) in [4.78, 5) is 25.3. The molecule has 0 spiro atoms. The van der Waals surface area contributed by atoms with E-state index in [1.165, 1.54) is 11.3 Å². The van der Waals surface area contributed by atoms with Crippen LogP contribution in [-0.2, 0) is 19.4 Å². The number of thiazole rings is 2. The zero-order valence-electron chi connectivity index (χ0n) is 20.4. The molecule has 194 valence electrons. The van der Waals surface area contributed by atoms with Crippen molar-refractivity contribution in [2.75, 3.05) is 13.1 Å². The lowest BCUT2D eigenvalue weighted by molar-refractivity contribution is -0.134. The standard InChI is InChI=1S/C26H31F3N4OS2/c1-16-30-20-14-18(4-7-22(20)35-16)25(34)31-19-5-2-17(3-6-19)9-12-33-13-10-23-21(15-33)32-24(36-23)8-11-26(27,28)29/h4,7,14,17,19H,2-3,5-6,8-13,15H2,1H3,(H,31,34). The molecule has 0 saturated heterocycles. The SMILES string of the molecule is Cc1nc2cc(C(=O)NC3CCC(CCN4CCc5sc(CCC(F)(F)F)nc5C4)CC3)ccc2s1. The van der Waals surface area contributed by atoms with Gasteiger partial charge in [-0.25, -0.2) is 9.97 Å². The molecule has 2 aliphatic rings. The molecule has 3 heterocycles. The van der Waals surface area contributed by atoms with Gasteiger partial charge in [0, 0.05) is 42.4 Å². The van der Waals surface area contributed by atoms with Crippen LogP contribution in [0.1, 0.15) is 69.5 Å². The molecule has 5 nitrogen and oxygen atoms in total. The third-order valence-corrected chi connectivity index (χ3v) is 9.43. The Hall–Kier alpha value is -2.04. The summed E-state index contributed by atoms with van der Waals surface area (Å²) >= 11 is 3.09. The molecule has 1 saturated carbocycles. The summed E-state index contributed by atoms with van der Waals surface area (Å²) in [5.41, 5.74) is 2.53. The molecule has 0 bridgehead atoms. The first-order valence-corrected chi connectivity index (χ1v) is 14.3. The summed E-state index contributed by atoms with van der Waals surface area (Å²) in [6, 6.07) is 5.95. The van der Waals surface area contributed by atoms with Crippen molar-refractivity contribution in [1.29, 1.82) is 0 Å². The van der Waals surface area contributed by atoms with Gasteiger partial charge in [0.15, 0.2) is 0 Å². The first-order valence-electron chi connectivity index (χ1n) is 12.7. The van der Waals surface area contributed by atoms with E-state index in [0.29, 0.717) is 16.5 Å². The van der Waals surface area contributed by atoms with Gasteiger partial charge >= 0.3 is 6.18 Å². The maximum absolute atomic E-state index is 12.8. The molecule has 0 radical (unpaired) electrons. The van der Waals surface area contributed by atoms with Crippen molar-refractivity contribution in [3.05, 3.63) is 44.3 Å². The van der Waals surface area contributed by atoms with Gasteiger partial charge < -0.3 is 5.32 Å². The minimum Gasteiger partial charge on any atom is -0.349 e. The van der Waals surface area contributed by atoms with Crippen LogP contribution >= 0.6 is 22.7 Å². The molecule has 1 aliphatic carbocycles. The molecule has 10 heteroatoms. The highest BCUT2D eigenvalue weighted by Crippen LogP contribution is 2.31. The molecule has 1 N–H and O–H groups in total. The molecule has 36 heavy (non-hydrogen) atoms. The van der Waals surface area contributed by atoms with Crippen LogP contribution in [0.25, 0.3) is 10.2 Å². The highest BCUT2D eigenvalue weighted by atomic mass is 32.1. The van der Waals surface area contributed by atoms with Gasteiger partial charge in [-0.15, -0.1) is 22.7 Å². The summed E-state index contributed by atoms with van der Waals surface area (Å²) in [6.07, 6.45) is 1.24. The van der Waals surface area contributed by atoms with Crippen molar-refractivity contribution in [2.45, 2.75) is 77.1 Å². The fourth-order valence-electron chi connectivity index (χ4n) is 5.27. The van der Waals surface area contributed by atoms with E-state index in [9.17, 15) is 18.0 Å². The number of benzene rings is 1. The number of carbonyl (C=O) groups is 1.